The zero-order valence-electron chi connectivity index (χ0n) is 16.0. The Hall–Kier alpha value is -2.85. The fourth-order valence-electron chi connectivity index (χ4n) is 3.64. The molecule has 2 aliphatic heterocycles. The van der Waals surface area contributed by atoms with Gasteiger partial charge in [0.25, 0.3) is 0 Å². The summed E-state index contributed by atoms with van der Waals surface area (Å²) in [4.78, 5) is 38.1. The van der Waals surface area contributed by atoms with E-state index in [9.17, 15) is 31.9 Å². The summed E-state index contributed by atoms with van der Waals surface area (Å²) in [6.45, 7) is 0.569. The van der Waals surface area contributed by atoms with Crippen molar-refractivity contribution < 1.29 is 31.9 Å². The Kier molecular flexibility index (Phi) is 6.47. The van der Waals surface area contributed by atoms with Crippen LogP contribution in [0.25, 0.3) is 0 Å². The van der Waals surface area contributed by atoms with Crippen LogP contribution < -0.4 is 16.0 Å². The molecule has 1 aromatic carbocycles. The van der Waals surface area contributed by atoms with Gasteiger partial charge in [0.05, 0.1) is 0 Å². The molecule has 1 aromatic rings. The van der Waals surface area contributed by atoms with Crippen LogP contribution in [0.2, 0.25) is 0 Å². The maximum atomic E-state index is 12.9. The summed E-state index contributed by atoms with van der Waals surface area (Å²) >= 11 is 0. The number of carbonyl (C=O) groups excluding carboxylic acids is 3. The van der Waals surface area contributed by atoms with Gasteiger partial charge in [-0.05, 0) is 49.9 Å². The number of nitrogens with one attached hydrogen (secondary N) is 3. The summed E-state index contributed by atoms with van der Waals surface area (Å²) in [5, 5.41) is 7.24. The molecule has 0 spiro atoms. The second kappa shape index (κ2) is 8.88. The summed E-state index contributed by atoms with van der Waals surface area (Å²) in [7, 11) is 0. The van der Waals surface area contributed by atoms with Gasteiger partial charge in [-0.2, -0.15) is 13.2 Å². The molecule has 4 amide bonds. The first-order valence-corrected chi connectivity index (χ1v) is 9.62. The van der Waals surface area contributed by atoms with Crippen molar-refractivity contribution in [1.82, 2.24) is 15.5 Å². The normalized spacial score (nSPS) is 22.9. The first kappa shape index (κ1) is 21.8. The maximum Gasteiger partial charge on any atom is 0.408 e. The lowest BCUT2D eigenvalue weighted by Gasteiger charge is -2.36. The molecule has 2 aliphatic rings. The number of halogens is 4. The third kappa shape index (κ3) is 5.39. The number of rotatable bonds is 3. The van der Waals surface area contributed by atoms with E-state index in [1.54, 1.807) is 0 Å². The van der Waals surface area contributed by atoms with Crippen LogP contribution in [0.3, 0.4) is 0 Å². The van der Waals surface area contributed by atoms with Crippen LogP contribution in [0.15, 0.2) is 24.3 Å². The molecule has 2 fully saturated rings. The van der Waals surface area contributed by atoms with Gasteiger partial charge in [0.15, 0.2) is 0 Å². The summed E-state index contributed by atoms with van der Waals surface area (Å²) in [6.07, 6.45) is -4.10. The minimum Gasteiger partial charge on any atom is -0.344 e. The predicted molar refractivity (Wildman–Crippen MR) is 98.9 cm³/mol. The molecular weight excluding hydrogens is 408 g/mol. The Morgan fingerprint density at radius 2 is 1.67 bits per heavy atom. The van der Waals surface area contributed by atoms with Crippen molar-refractivity contribution in [3.8, 4) is 0 Å². The second-order valence-corrected chi connectivity index (χ2v) is 7.44. The molecule has 0 saturated carbocycles. The number of likely N-dealkylation sites (tertiary alicyclic amines) is 1. The van der Waals surface area contributed by atoms with Gasteiger partial charge in [0, 0.05) is 24.8 Å². The molecule has 3 rings (SSSR count). The SMILES string of the molecule is O=C(Nc1ccc(F)cc1)NC1CCN(C(=O)C2CCC(C(F)(F)F)NC2=O)CC1. The summed E-state index contributed by atoms with van der Waals surface area (Å²) in [5.41, 5.74) is 0.432. The Balaban J connectivity index is 1.45. The zero-order chi connectivity index (χ0) is 21.9. The van der Waals surface area contributed by atoms with Gasteiger partial charge < -0.3 is 20.9 Å². The first-order chi connectivity index (χ1) is 14.1. The van der Waals surface area contributed by atoms with E-state index < -0.39 is 41.8 Å². The fourth-order valence-corrected chi connectivity index (χ4v) is 3.64. The second-order valence-electron chi connectivity index (χ2n) is 7.44. The lowest BCUT2D eigenvalue weighted by atomic mass is 9.91. The summed E-state index contributed by atoms with van der Waals surface area (Å²) in [5.74, 6) is -2.91. The average molecular weight is 430 g/mol. The smallest absolute Gasteiger partial charge is 0.344 e. The van der Waals surface area contributed by atoms with Crippen LogP contribution in [0.4, 0.5) is 28.0 Å². The number of hydrogen-bond acceptors (Lipinski definition) is 3. The number of benzene rings is 1. The van der Waals surface area contributed by atoms with E-state index in [2.05, 4.69) is 10.6 Å². The molecular formula is C19H22F4N4O3. The predicted octanol–water partition coefficient (Wildman–Crippen LogP) is 2.40. The molecule has 3 N–H and O–H groups in total. The standard InChI is InChI=1S/C19H22F4N4O3/c20-11-1-3-12(4-2-11)24-18(30)25-13-7-9-27(10-8-13)17(29)14-5-6-15(19(21,22)23)26-16(14)28/h1-4,13-15H,5-10H2,(H,26,28)(H2,24,25,30). The molecule has 2 atom stereocenters. The molecule has 2 saturated heterocycles. The molecule has 164 valence electrons. The monoisotopic (exact) mass is 430 g/mol. The number of amides is 4. The van der Waals surface area contributed by atoms with Crippen LogP contribution in [-0.4, -0.2) is 54.1 Å². The third-order valence-corrected chi connectivity index (χ3v) is 5.31. The van der Waals surface area contributed by atoms with Crippen LogP contribution in [0.1, 0.15) is 25.7 Å². The third-order valence-electron chi connectivity index (χ3n) is 5.31. The van der Waals surface area contributed by atoms with E-state index >= 15 is 0 Å². The van der Waals surface area contributed by atoms with Crippen molar-refractivity contribution >= 4 is 23.5 Å². The van der Waals surface area contributed by atoms with Crippen molar-refractivity contribution in [2.45, 2.75) is 43.9 Å². The average Bonchev–Trinajstić information content (AvgIpc) is 2.69. The Labute approximate surface area is 170 Å². The van der Waals surface area contributed by atoms with E-state index in [0.717, 1.165) is 0 Å². The maximum absolute atomic E-state index is 12.9. The van der Waals surface area contributed by atoms with Gasteiger partial charge >= 0.3 is 12.2 Å². The van der Waals surface area contributed by atoms with Crippen molar-refractivity contribution in [2.75, 3.05) is 18.4 Å². The van der Waals surface area contributed by atoms with Crippen LogP contribution >= 0.6 is 0 Å². The highest BCUT2D eigenvalue weighted by molar-refractivity contribution is 6.01. The molecule has 0 bridgehead atoms. The molecule has 7 nitrogen and oxygen atoms in total. The lowest BCUT2D eigenvalue weighted by Crippen LogP contribution is -2.56. The highest BCUT2D eigenvalue weighted by atomic mass is 19.4. The minimum atomic E-state index is -4.53. The highest BCUT2D eigenvalue weighted by Gasteiger charge is 2.46. The number of urea groups is 1. The van der Waals surface area contributed by atoms with E-state index in [0.29, 0.717) is 18.5 Å². The molecule has 2 heterocycles. The topological polar surface area (TPSA) is 90.5 Å². The molecule has 0 radical (unpaired) electrons. The van der Waals surface area contributed by atoms with Gasteiger partial charge in [-0.15, -0.1) is 0 Å². The molecule has 0 aliphatic carbocycles. The van der Waals surface area contributed by atoms with Crippen molar-refractivity contribution in [3.63, 3.8) is 0 Å². The van der Waals surface area contributed by atoms with Gasteiger partial charge in [0.1, 0.15) is 17.8 Å². The quantitative estimate of drug-likeness (QED) is 0.508. The summed E-state index contributed by atoms with van der Waals surface area (Å²) < 4.78 is 51.1. The summed E-state index contributed by atoms with van der Waals surface area (Å²) in [6, 6.07) is 2.71. The van der Waals surface area contributed by atoms with Crippen molar-refractivity contribution in [1.29, 1.82) is 0 Å². The number of piperidine rings is 2. The van der Waals surface area contributed by atoms with Gasteiger partial charge in [-0.3, -0.25) is 9.59 Å². The number of carbonyl (C=O) groups is 3. The largest absolute Gasteiger partial charge is 0.408 e. The van der Waals surface area contributed by atoms with Crippen LogP contribution in [0, 0.1) is 11.7 Å². The van der Waals surface area contributed by atoms with Crippen molar-refractivity contribution in [2.24, 2.45) is 5.92 Å². The van der Waals surface area contributed by atoms with Gasteiger partial charge in [-0.1, -0.05) is 0 Å². The lowest BCUT2D eigenvalue weighted by molar-refractivity contribution is -0.172. The fraction of sp³-hybridized carbons (Fsp3) is 0.526. The van der Waals surface area contributed by atoms with E-state index in [4.69, 9.17) is 0 Å². The highest BCUT2D eigenvalue weighted by Crippen LogP contribution is 2.29. The molecule has 2 unspecified atom stereocenters. The Bertz CT molecular complexity index is 792. The molecule has 11 heteroatoms. The van der Waals surface area contributed by atoms with E-state index in [1.165, 1.54) is 29.2 Å². The Morgan fingerprint density at radius 3 is 2.23 bits per heavy atom. The van der Waals surface area contributed by atoms with E-state index in [1.807, 2.05) is 5.32 Å². The van der Waals surface area contributed by atoms with Crippen LogP contribution in [-0.2, 0) is 9.59 Å². The van der Waals surface area contributed by atoms with Gasteiger partial charge in [-0.25, -0.2) is 9.18 Å². The number of alkyl halides is 3. The Morgan fingerprint density at radius 1 is 1.03 bits per heavy atom. The van der Waals surface area contributed by atoms with E-state index in [-0.39, 0.29) is 32.0 Å². The van der Waals surface area contributed by atoms with Gasteiger partial charge in [0.2, 0.25) is 11.8 Å². The number of nitrogens with zero attached hydrogens (tertiary/aromatic N) is 1. The minimum absolute atomic E-state index is 0.146. The van der Waals surface area contributed by atoms with Crippen molar-refractivity contribution in [3.05, 3.63) is 30.1 Å². The zero-order valence-corrected chi connectivity index (χ0v) is 16.0. The first-order valence-electron chi connectivity index (χ1n) is 9.62. The number of anilines is 1. The number of hydrogen-bond donors (Lipinski definition) is 3. The molecule has 30 heavy (non-hydrogen) atoms. The van der Waals surface area contributed by atoms with Crippen LogP contribution in [0.5, 0.6) is 0 Å². The molecule has 0 aromatic heterocycles.